The topological polar surface area (TPSA) is 206 Å². The predicted molar refractivity (Wildman–Crippen MR) is 152 cm³/mol. The van der Waals surface area contributed by atoms with Crippen LogP contribution < -0.4 is 5.73 Å². The number of rotatable bonds is 2. The standard InChI is InChI=1S/C21H24FN9O8P2S2/c1-9-14-18(26-5-24-9)30(7-28-14)20-11-2-10(36-20)3-34-41(33,43)39-16-12(4-35-40(32,42)38-11)37-21(13(16)22)31-8-29-15-17(23)25-6-27-19(15)31/h5-8,10-13,16,20-21H,2-4H2,1H3,(H,32,42)(H,33,43)(H2,23,25,27)/t10-,11+,12+,13+,16+,20+,21+,40?,41?/m0/s1. The van der Waals surface area contributed by atoms with Crippen LogP contribution >= 0.6 is 25.8 Å². The van der Waals surface area contributed by atoms with E-state index >= 15 is 4.39 Å². The number of hydrogen-bond acceptors (Lipinski definition) is 15. The second-order valence-corrected chi connectivity index (χ2v) is 15.7. The van der Waals surface area contributed by atoms with Crippen molar-refractivity contribution in [3.63, 3.8) is 0 Å². The zero-order chi connectivity index (χ0) is 30.1. The molecule has 17 nitrogen and oxygen atoms in total. The molecular formula is C21H24FN9O8P2S2. The Bertz CT molecular complexity index is 1800. The van der Waals surface area contributed by atoms with Gasteiger partial charge in [-0.3, -0.25) is 22.7 Å². The number of anilines is 1. The molecule has 4 aromatic heterocycles. The third-order valence-corrected chi connectivity index (χ3v) is 10.4. The molecule has 7 rings (SSSR count). The molecule has 0 aromatic carbocycles. The van der Waals surface area contributed by atoms with E-state index in [9.17, 15) is 9.46 Å². The fraction of sp³-hybridized carbons (Fsp3) is 0.524. The van der Waals surface area contributed by atoms with Gasteiger partial charge in [0.15, 0.2) is 35.7 Å². The van der Waals surface area contributed by atoms with Gasteiger partial charge < -0.3 is 24.6 Å². The third kappa shape index (κ3) is 5.48. The Kier molecular flexibility index (Phi) is 7.54. The van der Waals surface area contributed by atoms with Gasteiger partial charge >= 0.3 is 13.5 Å². The van der Waals surface area contributed by atoms with E-state index in [1.165, 1.54) is 29.9 Å². The Morgan fingerprint density at radius 3 is 2.47 bits per heavy atom. The van der Waals surface area contributed by atoms with Crippen molar-refractivity contribution in [3.05, 3.63) is 31.0 Å². The van der Waals surface area contributed by atoms with E-state index in [1.54, 1.807) is 11.5 Å². The molecule has 230 valence electrons. The van der Waals surface area contributed by atoms with Gasteiger partial charge in [0.1, 0.15) is 42.0 Å². The van der Waals surface area contributed by atoms with Gasteiger partial charge in [0.25, 0.3) is 0 Å². The maximum Gasteiger partial charge on any atom is 0.386 e. The number of aryl methyl sites for hydroxylation is 1. The molecule has 0 aliphatic carbocycles. The number of nitrogens with zero attached hydrogens (tertiary/aromatic N) is 8. The van der Waals surface area contributed by atoms with Crippen molar-refractivity contribution < 1.29 is 41.4 Å². The van der Waals surface area contributed by atoms with Crippen LogP contribution in [0.5, 0.6) is 0 Å². The van der Waals surface area contributed by atoms with E-state index in [4.69, 9.17) is 45.1 Å². The van der Waals surface area contributed by atoms with Crippen LogP contribution in [0.2, 0.25) is 0 Å². The van der Waals surface area contributed by atoms with Gasteiger partial charge in [0, 0.05) is 6.42 Å². The highest BCUT2D eigenvalue weighted by molar-refractivity contribution is 8.44. The molecule has 3 saturated heterocycles. The summed E-state index contributed by atoms with van der Waals surface area (Å²) in [7, 11) is 0. The van der Waals surface area contributed by atoms with Crippen LogP contribution in [-0.2, 0) is 43.9 Å². The first-order valence-electron chi connectivity index (χ1n) is 12.8. The van der Waals surface area contributed by atoms with Gasteiger partial charge in [0.2, 0.25) is 0 Å². The first-order valence-corrected chi connectivity index (χ1v) is 18.1. The zero-order valence-corrected chi connectivity index (χ0v) is 25.6. The number of alkyl halides is 1. The summed E-state index contributed by atoms with van der Waals surface area (Å²) in [4.78, 5) is 35.9. The Hall–Kier alpha value is -2.22. The van der Waals surface area contributed by atoms with Crippen LogP contribution in [0.15, 0.2) is 25.3 Å². The molecule has 2 bridgehead atoms. The number of thiol groups is 1. The molecule has 3 fully saturated rings. The Morgan fingerprint density at radius 2 is 1.67 bits per heavy atom. The second kappa shape index (κ2) is 11.0. The van der Waals surface area contributed by atoms with Crippen molar-refractivity contribution in [2.45, 2.75) is 56.4 Å². The highest BCUT2D eigenvalue weighted by Gasteiger charge is 2.51. The molecule has 0 saturated carbocycles. The molecule has 0 amide bonds. The summed E-state index contributed by atoms with van der Waals surface area (Å²) in [6.45, 7) is -7.16. The van der Waals surface area contributed by atoms with Crippen molar-refractivity contribution in [2.24, 2.45) is 0 Å². The number of nitrogen functional groups attached to an aromatic ring is 1. The van der Waals surface area contributed by atoms with Crippen molar-refractivity contribution in [3.8, 4) is 0 Å². The number of halogens is 1. The lowest BCUT2D eigenvalue weighted by Crippen LogP contribution is -2.34. The van der Waals surface area contributed by atoms with Gasteiger partial charge in [-0.1, -0.05) is 12.2 Å². The van der Waals surface area contributed by atoms with E-state index in [1.807, 2.05) is 0 Å². The van der Waals surface area contributed by atoms with E-state index < -0.39 is 63.2 Å². The Labute approximate surface area is 252 Å². The lowest BCUT2D eigenvalue weighted by Gasteiger charge is -2.27. The average Bonchev–Trinajstić information content (AvgIpc) is 3.72. The molecule has 0 spiro atoms. The minimum absolute atomic E-state index is 0.0909. The lowest BCUT2D eigenvalue weighted by atomic mass is 10.1. The van der Waals surface area contributed by atoms with E-state index in [0.29, 0.717) is 16.9 Å². The lowest BCUT2D eigenvalue weighted by molar-refractivity contribution is -0.0575. The molecule has 3 aliphatic heterocycles. The highest BCUT2D eigenvalue weighted by atomic mass is 32.7. The molecular weight excluding hydrogens is 651 g/mol. The van der Waals surface area contributed by atoms with Crippen LogP contribution in [0, 0.1) is 6.92 Å². The fourth-order valence-electron chi connectivity index (χ4n) is 5.28. The van der Waals surface area contributed by atoms with Crippen LogP contribution in [-0.4, -0.2) is 87.7 Å². The molecule has 22 heteroatoms. The Balaban J connectivity index is 1.18. The Morgan fingerprint density at radius 1 is 0.977 bits per heavy atom. The third-order valence-electron chi connectivity index (χ3n) is 7.24. The normalized spacial score (nSPS) is 37.2. The van der Waals surface area contributed by atoms with E-state index in [2.05, 4.69) is 42.2 Å². The van der Waals surface area contributed by atoms with Gasteiger partial charge in [0.05, 0.1) is 37.7 Å². The first kappa shape index (κ1) is 29.5. The SMILES string of the molecule is Cc1ncnc2c1ncn2[C@@H]1O[C@@H]2COP(O)(=S)O[C@H]3[C@@H](F)[C@H](n4cnc5c(N)ncnc54)O[C@@H]3COP(=O)(S)O[C@@H]1C2. The van der Waals surface area contributed by atoms with Crippen LogP contribution in [0.4, 0.5) is 10.2 Å². The van der Waals surface area contributed by atoms with Gasteiger partial charge in [-0.15, -0.1) is 0 Å². The molecule has 0 radical (unpaired) electrons. The molecule has 9 atom stereocenters. The van der Waals surface area contributed by atoms with Crippen molar-refractivity contribution in [1.29, 1.82) is 0 Å². The molecule has 3 N–H and O–H groups in total. The number of aromatic nitrogens is 8. The monoisotopic (exact) mass is 675 g/mol. The van der Waals surface area contributed by atoms with Crippen LogP contribution in [0.25, 0.3) is 22.3 Å². The number of nitrogens with two attached hydrogens (primary N) is 1. The number of ether oxygens (including phenoxy) is 2. The molecule has 7 heterocycles. The molecule has 4 aromatic rings. The summed E-state index contributed by atoms with van der Waals surface area (Å²) in [6, 6.07) is 0. The van der Waals surface area contributed by atoms with Crippen molar-refractivity contribution >= 4 is 65.7 Å². The minimum atomic E-state index is -4.12. The maximum atomic E-state index is 16.0. The second-order valence-electron chi connectivity index (χ2n) is 10.0. The zero-order valence-electron chi connectivity index (χ0n) is 22.1. The molecule has 43 heavy (non-hydrogen) atoms. The van der Waals surface area contributed by atoms with Gasteiger partial charge in [-0.05, 0) is 18.7 Å². The van der Waals surface area contributed by atoms with Crippen LogP contribution in [0.1, 0.15) is 24.6 Å². The average molecular weight is 676 g/mol. The summed E-state index contributed by atoms with van der Waals surface area (Å²) in [5.74, 6) is 0.0909. The predicted octanol–water partition coefficient (Wildman–Crippen LogP) is 2.15. The van der Waals surface area contributed by atoms with Crippen molar-refractivity contribution in [2.75, 3.05) is 18.9 Å². The van der Waals surface area contributed by atoms with Crippen LogP contribution in [0.3, 0.4) is 0 Å². The quantitative estimate of drug-likeness (QED) is 0.206. The number of imidazole rings is 2. The fourth-order valence-corrected chi connectivity index (χ4v) is 8.23. The first-order chi connectivity index (χ1) is 20.5. The largest absolute Gasteiger partial charge is 0.386 e. The summed E-state index contributed by atoms with van der Waals surface area (Å²) in [6.07, 6.45) is -2.98. The van der Waals surface area contributed by atoms with E-state index in [-0.39, 0.29) is 30.0 Å². The smallest absolute Gasteiger partial charge is 0.382 e. The summed E-state index contributed by atoms with van der Waals surface area (Å²) in [5, 5.41) is 0. The van der Waals surface area contributed by atoms with E-state index in [0.717, 1.165) is 0 Å². The van der Waals surface area contributed by atoms with Crippen molar-refractivity contribution in [1.82, 2.24) is 39.0 Å². The minimum Gasteiger partial charge on any atom is -0.382 e. The summed E-state index contributed by atoms with van der Waals surface area (Å²) in [5.41, 5.74) is 7.95. The summed E-state index contributed by atoms with van der Waals surface area (Å²) >= 11 is 9.40. The van der Waals surface area contributed by atoms with Gasteiger partial charge in [-0.25, -0.2) is 38.9 Å². The van der Waals surface area contributed by atoms with Gasteiger partial charge in [-0.2, -0.15) is 0 Å². The summed E-state index contributed by atoms with van der Waals surface area (Å²) < 4.78 is 67.1. The maximum absolute atomic E-state index is 16.0. The highest BCUT2D eigenvalue weighted by Crippen LogP contribution is 2.58. The number of fused-ring (bicyclic) bond motifs is 5. The molecule has 2 unspecified atom stereocenters. The number of hydrogen-bond donors (Lipinski definition) is 3. The molecule has 3 aliphatic rings.